The van der Waals surface area contributed by atoms with Crippen molar-refractivity contribution in [3.63, 3.8) is 0 Å². The van der Waals surface area contributed by atoms with E-state index in [1.165, 1.54) is 5.00 Å². The number of hydrogen-bond acceptors (Lipinski definition) is 7. The van der Waals surface area contributed by atoms with Crippen LogP contribution in [0, 0.1) is 0 Å². The fourth-order valence-corrected chi connectivity index (χ4v) is 4.32. The first-order chi connectivity index (χ1) is 14.7. The monoisotopic (exact) mass is 437 g/mol. The topological polar surface area (TPSA) is 64.8 Å². The predicted molar refractivity (Wildman–Crippen MR) is 125 cm³/mol. The van der Waals surface area contributed by atoms with Crippen molar-refractivity contribution in [1.82, 2.24) is 19.8 Å². The second-order valence-corrected chi connectivity index (χ2v) is 9.65. The number of benzene rings is 1. The molecule has 0 saturated heterocycles. The third-order valence-electron chi connectivity index (χ3n) is 5.04. The minimum absolute atomic E-state index is 0.157. The van der Waals surface area contributed by atoms with Gasteiger partial charge in [-0.3, -0.25) is 0 Å². The van der Waals surface area contributed by atoms with Crippen LogP contribution in [0.3, 0.4) is 0 Å². The van der Waals surface area contributed by atoms with Gasteiger partial charge >= 0.3 is 0 Å². The van der Waals surface area contributed by atoms with Gasteiger partial charge in [0.05, 0.1) is 30.5 Å². The summed E-state index contributed by atoms with van der Waals surface area (Å²) in [5.74, 6) is 2.02. The van der Waals surface area contributed by atoms with Crippen molar-refractivity contribution in [1.29, 1.82) is 0 Å². The summed E-state index contributed by atoms with van der Waals surface area (Å²) < 4.78 is 12.7. The van der Waals surface area contributed by atoms with E-state index in [4.69, 9.17) is 14.6 Å². The number of ether oxygens (including phenoxy) is 2. The highest BCUT2D eigenvalue weighted by atomic mass is 32.1. The third kappa shape index (κ3) is 3.83. The highest BCUT2D eigenvalue weighted by Crippen LogP contribution is 2.33. The van der Waals surface area contributed by atoms with Crippen LogP contribution in [0.2, 0.25) is 0 Å². The van der Waals surface area contributed by atoms with E-state index in [2.05, 4.69) is 54.1 Å². The molecule has 0 spiro atoms. The molecule has 0 fully saturated rings. The lowest BCUT2D eigenvalue weighted by Gasteiger charge is -2.15. The number of fused-ring (bicyclic) bond motifs is 1. The van der Waals surface area contributed by atoms with Crippen molar-refractivity contribution in [3.8, 4) is 22.9 Å². The lowest BCUT2D eigenvalue weighted by Crippen LogP contribution is -2.22. The molecule has 31 heavy (non-hydrogen) atoms. The zero-order valence-electron chi connectivity index (χ0n) is 18.9. The summed E-state index contributed by atoms with van der Waals surface area (Å²) in [4.78, 5) is 3.26. The molecule has 7 nitrogen and oxygen atoms in total. The number of aromatic nitrogens is 4. The van der Waals surface area contributed by atoms with Crippen molar-refractivity contribution in [2.75, 3.05) is 33.2 Å². The summed E-state index contributed by atoms with van der Waals surface area (Å²) in [6, 6.07) is 9.89. The molecule has 3 aromatic heterocycles. The summed E-state index contributed by atoms with van der Waals surface area (Å²) >= 11 is 1.73. The molecule has 0 N–H and O–H groups in total. The Morgan fingerprint density at radius 2 is 1.81 bits per heavy atom. The van der Waals surface area contributed by atoms with Crippen molar-refractivity contribution in [2.45, 2.75) is 26.2 Å². The maximum absolute atomic E-state index is 5.59. The minimum atomic E-state index is -0.157. The van der Waals surface area contributed by atoms with Crippen LogP contribution < -0.4 is 19.6 Å². The normalized spacial score (nSPS) is 12.5. The molecule has 4 aromatic rings. The van der Waals surface area contributed by atoms with Gasteiger partial charge in [-0.2, -0.15) is 9.61 Å². The van der Waals surface area contributed by atoms with Crippen LogP contribution in [-0.2, 0) is 5.41 Å². The fraction of sp³-hybridized carbons (Fsp3) is 0.348. The molecule has 0 aliphatic heterocycles. The second kappa shape index (κ2) is 7.85. The van der Waals surface area contributed by atoms with Crippen molar-refractivity contribution < 1.29 is 9.47 Å². The standard InChI is InChI=1S/C23H27N5O2S/c1-23(2,3)20-17(13-15-9-11-19(31-15)27(4)5)22-25-24-21(28(22)26-20)16-10-8-14(29-6)12-18(16)30-7/h8-13H,1-7H3/b17-13-. The van der Waals surface area contributed by atoms with Gasteiger partial charge in [-0.1, -0.05) is 20.8 Å². The van der Waals surface area contributed by atoms with Crippen LogP contribution in [-0.4, -0.2) is 48.1 Å². The van der Waals surface area contributed by atoms with E-state index in [-0.39, 0.29) is 5.41 Å². The molecule has 0 radical (unpaired) electrons. The molecule has 0 unspecified atom stereocenters. The predicted octanol–water partition coefficient (Wildman–Crippen LogP) is 3.78. The molecule has 162 valence electrons. The lowest BCUT2D eigenvalue weighted by atomic mass is 9.91. The molecule has 8 heteroatoms. The van der Waals surface area contributed by atoms with Gasteiger partial charge < -0.3 is 14.4 Å². The van der Waals surface area contributed by atoms with Crippen molar-refractivity contribution >= 4 is 28.1 Å². The van der Waals surface area contributed by atoms with E-state index < -0.39 is 0 Å². The first-order valence-electron chi connectivity index (χ1n) is 10.00. The molecular weight excluding hydrogens is 410 g/mol. The Balaban J connectivity index is 1.94. The van der Waals surface area contributed by atoms with Gasteiger partial charge in [0.2, 0.25) is 0 Å². The summed E-state index contributed by atoms with van der Waals surface area (Å²) in [5, 5.41) is 16.1. The summed E-state index contributed by atoms with van der Waals surface area (Å²) in [6.45, 7) is 6.48. The van der Waals surface area contributed by atoms with Gasteiger partial charge in [-0.05, 0) is 30.3 Å². The summed E-state index contributed by atoms with van der Waals surface area (Å²) in [6.07, 6.45) is 2.16. The quantitative estimate of drug-likeness (QED) is 0.473. The van der Waals surface area contributed by atoms with Gasteiger partial charge in [0.1, 0.15) is 11.5 Å². The highest BCUT2D eigenvalue weighted by Gasteiger charge is 2.25. The third-order valence-corrected chi connectivity index (χ3v) is 6.24. The molecule has 4 rings (SSSR count). The first-order valence-corrected chi connectivity index (χ1v) is 10.8. The summed E-state index contributed by atoms with van der Waals surface area (Å²) in [5.41, 5.74) is 2.37. The average Bonchev–Trinajstić information content (AvgIpc) is 3.43. The van der Waals surface area contributed by atoms with Crippen LogP contribution in [0.15, 0.2) is 30.3 Å². The van der Waals surface area contributed by atoms with Gasteiger partial charge in [-0.25, -0.2) is 0 Å². The van der Waals surface area contributed by atoms with Crippen LogP contribution >= 0.6 is 11.3 Å². The van der Waals surface area contributed by atoms with Crippen molar-refractivity contribution in [3.05, 3.63) is 46.1 Å². The van der Waals surface area contributed by atoms with Gasteiger partial charge in [-0.15, -0.1) is 21.5 Å². The number of hydrogen-bond donors (Lipinski definition) is 0. The van der Waals surface area contributed by atoms with E-state index in [0.29, 0.717) is 11.6 Å². The van der Waals surface area contributed by atoms with Gasteiger partial charge in [0.25, 0.3) is 0 Å². The zero-order chi connectivity index (χ0) is 22.3. The fourth-order valence-electron chi connectivity index (χ4n) is 3.44. The van der Waals surface area contributed by atoms with E-state index in [1.807, 2.05) is 36.8 Å². The SMILES string of the molecule is COc1ccc(-c2nnc3/c(=C\c4ccc(N(C)C)s4)c(C(C)(C)C)nn23)c(OC)c1. The highest BCUT2D eigenvalue weighted by molar-refractivity contribution is 7.16. The van der Waals surface area contributed by atoms with Gasteiger partial charge in [0.15, 0.2) is 11.5 Å². The number of nitrogens with zero attached hydrogens (tertiary/aromatic N) is 5. The van der Waals surface area contributed by atoms with E-state index in [1.54, 1.807) is 25.6 Å². The smallest absolute Gasteiger partial charge is 0.189 e. The molecule has 3 heterocycles. The summed E-state index contributed by atoms with van der Waals surface area (Å²) in [7, 11) is 7.36. The Kier molecular flexibility index (Phi) is 5.35. The molecule has 0 saturated carbocycles. The van der Waals surface area contributed by atoms with Crippen molar-refractivity contribution in [2.24, 2.45) is 0 Å². The first kappa shape index (κ1) is 21.1. The van der Waals surface area contributed by atoms with Crippen LogP contribution in [0.4, 0.5) is 5.00 Å². The Bertz CT molecular complexity index is 1280. The van der Waals surface area contributed by atoms with E-state index in [9.17, 15) is 0 Å². The molecule has 0 amide bonds. The maximum Gasteiger partial charge on any atom is 0.189 e. The van der Waals surface area contributed by atoms with E-state index >= 15 is 0 Å². The Morgan fingerprint density at radius 3 is 2.42 bits per heavy atom. The molecule has 1 aromatic carbocycles. The van der Waals surface area contributed by atoms with Crippen LogP contribution in [0.5, 0.6) is 11.5 Å². The van der Waals surface area contributed by atoms with Crippen LogP contribution in [0.25, 0.3) is 23.1 Å². The molecule has 0 aliphatic carbocycles. The Morgan fingerprint density at radius 1 is 1.03 bits per heavy atom. The molecule has 0 aliphatic rings. The maximum atomic E-state index is 5.59. The number of rotatable bonds is 5. The molecule has 0 atom stereocenters. The zero-order valence-corrected chi connectivity index (χ0v) is 19.7. The molecule has 0 bridgehead atoms. The Labute approximate surface area is 185 Å². The lowest BCUT2D eigenvalue weighted by molar-refractivity contribution is 0.395. The van der Waals surface area contributed by atoms with E-state index in [0.717, 1.165) is 32.7 Å². The molecular formula is C23H27N5O2S. The second-order valence-electron chi connectivity index (χ2n) is 8.55. The number of thiophene rings is 1. The number of methoxy groups -OCH3 is 2. The van der Waals surface area contributed by atoms with Gasteiger partial charge in [0, 0.05) is 35.7 Å². The largest absolute Gasteiger partial charge is 0.497 e. The van der Waals surface area contributed by atoms with Crippen LogP contribution in [0.1, 0.15) is 31.3 Å². The Hall–Kier alpha value is -3.13. The minimum Gasteiger partial charge on any atom is -0.497 e. The number of anilines is 1. The average molecular weight is 438 g/mol.